The van der Waals surface area contributed by atoms with Crippen molar-refractivity contribution in [3.05, 3.63) is 35.4 Å². The van der Waals surface area contributed by atoms with Crippen molar-refractivity contribution in [2.45, 2.75) is 26.4 Å². The van der Waals surface area contributed by atoms with Crippen molar-refractivity contribution in [2.75, 3.05) is 0 Å². The van der Waals surface area contributed by atoms with E-state index in [2.05, 4.69) is 10.6 Å². The number of benzene rings is 1. The fraction of sp³-hybridized carbons (Fsp3) is 0.385. The summed E-state index contributed by atoms with van der Waals surface area (Å²) in [6.07, 6.45) is 0. The minimum Gasteiger partial charge on any atom is -0.368 e. The highest BCUT2D eigenvalue weighted by Crippen LogP contribution is 2.08. The third-order valence-electron chi connectivity index (χ3n) is 2.70. The maximum atomic E-state index is 13.0. The Labute approximate surface area is 115 Å². The van der Waals surface area contributed by atoms with Gasteiger partial charge >= 0.3 is 6.03 Å². The number of halogens is 2. The van der Waals surface area contributed by atoms with Gasteiger partial charge in [-0.05, 0) is 23.6 Å². The zero-order chi connectivity index (χ0) is 15.3. The molecule has 0 saturated heterocycles. The second-order valence-electron chi connectivity index (χ2n) is 4.70. The molecular weight excluding hydrogens is 268 g/mol. The van der Waals surface area contributed by atoms with Crippen LogP contribution < -0.4 is 16.4 Å². The van der Waals surface area contributed by atoms with Crippen LogP contribution >= 0.6 is 0 Å². The maximum Gasteiger partial charge on any atom is 0.315 e. The van der Waals surface area contributed by atoms with Crippen LogP contribution in [0.15, 0.2) is 18.2 Å². The molecule has 5 nitrogen and oxygen atoms in total. The molecule has 0 aliphatic rings. The SMILES string of the molecule is CC(C)[C@H](NC(=O)NCc1ccc(F)c(F)c1)C(N)=O. The molecule has 0 heterocycles. The van der Waals surface area contributed by atoms with E-state index in [0.29, 0.717) is 5.56 Å². The van der Waals surface area contributed by atoms with Crippen LogP contribution in [0.3, 0.4) is 0 Å². The van der Waals surface area contributed by atoms with E-state index in [-0.39, 0.29) is 12.5 Å². The minimum atomic E-state index is -0.984. The average Bonchev–Trinajstić information content (AvgIpc) is 2.36. The van der Waals surface area contributed by atoms with Crippen LogP contribution in [-0.4, -0.2) is 18.0 Å². The van der Waals surface area contributed by atoms with Gasteiger partial charge < -0.3 is 16.4 Å². The predicted octanol–water partition coefficient (Wildman–Crippen LogP) is 1.27. The molecule has 0 fully saturated rings. The summed E-state index contributed by atoms with van der Waals surface area (Å²) in [5.41, 5.74) is 5.56. The number of primary amides is 1. The smallest absolute Gasteiger partial charge is 0.315 e. The van der Waals surface area contributed by atoms with Gasteiger partial charge in [0.15, 0.2) is 11.6 Å². The third kappa shape index (κ3) is 4.49. The van der Waals surface area contributed by atoms with E-state index in [1.165, 1.54) is 6.07 Å². The maximum absolute atomic E-state index is 13.0. The summed E-state index contributed by atoms with van der Waals surface area (Å²) >= 11 is 0. The minimum absolute atomic E-state index is 0.00656. The molecule has 0 aliphatic carbocycles. The molecule has 1 aromatic carbocycles. The van der Waals surface area contributed by atoms with Crippen molar-refractivity contribution in [1.82, 2.24) is 10.6 Å². The second-order valence-corrected chi connectivity index (χ2v) is 4.70. The topological polar surface area (TPSA) is 84.2 Å². The van der Waals surface area contributed by atoms with Crippen LogP contribution in [0.25, 0.3) is 0 Å². The summed E-state index contributed by atoms with van der Waals surface area (Å²) in [5, 5.41) is 4.86. The van der Waals surface area contributed by atoms with E-state index in [0.717, 1.165) is 12.1 Å². The number of urea groups is 1. The van der Waals surface area contributed by atoms with E-state index in [9.17, 15) is 18.4 Å². The van der Waals surface area contributed by atoms with E-state index in [1.54, 1.807) is 13.8 Å². The number of carbonyl (C=O) groups excluding carboxylic acids is 2. The zero-order valence-electron chi connectivity index (χ0n) is 11.2. The summed E-state index contributed by atoms with van der Waals surface area (Å²) in [6.45, 7) is 3.49. The lowest BCUT2D eigenvalue weighted by Crippen LogP contribution is -2.50. The van der Waals surface area contributed by atoms with Crippen molar-refractivity contribution in [3.8, 4) is 0 Å². The summed E-state index contributed by atoms with van der Waals surface area (Å²) in [6, 6.07) is 1.92. The van der Waals surface area contributed by atoms with Gasteiger partial charge in [-0.15, -0.1) is 0 Å². The Morgan fingerprint density at radius 3 is 2.40 bits per heavy atom. The number of hydrogen-bond acceptors (Lipinski definition) is 2. The number of carbonyl (C=O) groups is 2. The van der Waals surface area contributed by atoms with E-state index >= 15 is 0 Å². The quantitative estimate of drug-likeness (QED) is 0.761. The molecule has 0 bridgehead atoms. The number of amides is 3. The molecule has 20 heavy (non-hydrogen) atoms. The first kappa shape index (κ1) is 15.9. The van der Waals surface area contributed by atoms with Crippen molar-refractivity contribution < 1.29 is 18.4 Å². The largest absolute Gasteiger partial charge is 0.368 e. The van der Waals surface area contributed by atoms with Crippen molar-refractivity contribution in [1.29, 1.82) is 0 Å². The van der Waals surface area contributed by atoms with Crippen molar-refractivity contribution >= 4 is 11.9 Å². The molecule has 3 amide bonds. The van der Waals surface area contributed by atoms with E-state index < -0.39 is 29.6 Å². The molecule has 1 rings (SSSR count). The number of nitrogens with two attached hydrogens (primary N) is 1. The second kappa shape index (κ2) is 6.83. The molecule has 4 N–H and O–H groups in total. The Kier molecular flexibility index (Phi) is 5.42. The monoisotopic (exact) mass is 285 g/mol. The number of nitrogens with one attached hydrogen (secondary N) is 2. The van der Waals surface area contributed by atoms with E-state index in [1.807, 2.05) is 0 Å². The zero-order valence-corrected chi connectivity index (χ0v) is 11.2. The number of rotatable bonds is 5. The Hall–Kier alpha value is -2.18. The highest BCUT2D eigenvalue weighted by atomic mass is 19.2. The van der Waals surface area contributed by atoms with Gasteiger partial charge in [-0.1, -0.05) is 19.9 Å². The van der Waals surface area contributed by atoms with Gasteiger partial charge in [0.1, 0.15) is 6.04 Å². The van der Waals surface area contributed by atoms with Gasteiger partial charge in [0, 0.05) is 6.54 Å². The van der Waals surface area contributed by atoms with Crippen LogP contribution in [0.2, 0.25) is 0 Å². The predicted molar refractivity (Wildman–Crippen MR) is 69.5 cm³/mol. The van der Waals surface area contributed by atoms with Gasteiger partial charge in [0.25, 0.3) is 0 Å². The van der Waals surface area contributed by atoms with Gasteiger partial charge in [0.05, 0.1) is 0 Å². The van der Waals surface area contributed by atoms with E-state index in [4.69, 9.17) is 5.73 Å². The first-order chi connectivity index (χ1) is 9.31. The Balaban J connectivity index is 2.54. The lowest BCUT2D eigenvalue weighted by Gasteiger charge is -2.19. The highest BCUT2D eigenvalue weighted by Gasteiger charge is 2.21. The molecular formula is C13H17F2N3O2. The molecule has 0 saturated carbocycles. The summed E-state index contributed by atoms with van der Waals surface area (Å²) in [7, 11) is 0. The lowest BCUT2D eigenvalue weighted by molar-refractivity contribution is -0.120. The summed E-state index contributed by atoms with van der Waals surface area (Å²) < 4.78 is 25.7. The fourth-order valence-corrected chi connectivity index (χ4v) is 1.59. The third-order valence-corrected chi connectivity index (χ3v) is 2.70. The molecule has 0 unspecified atom stereocenters. The van der Waals surface area contributed by atoms with Gasteiger partial charge in [0.2, 0.25) is 5.91 Å². The first-order valence-corrected chi connectivity index (χ1v) is 6.09. The molecule has 1 aromatic rings. The van der Waals surface area contributed by atoms with Crippen LogP contribution in [0, 0.1) is 17.6 Å². The number of hydrogen-bond donors (Lipinski definition) is 3. The average molecular weight is 285 g/mol. The van der Waals surface area contributed by atoms with Crippen molar-refractivity contribution in [2.24, 2.45) is 11.7 Å². The van der Waals surface area contributed by atoms with Crippen molar-refractivity contribution in [3.63, 3.8) is 0 Å². The Morgan fingerprint density at radius 1 is 1.25 bits per heavy atom. The van der Waals surface area contributed by atoms with Gasteiger partial charge in [-0.25, -0.2) is 13.6 Å². The molecule has 7 heteroatoms. The molecule has 1 atom stereocenters. The van der Waals surface area contributed by atoms with Crippen LogP contribution in [0.1, 0.15) is 19.4 Å². The molecule has 110 valence electrons. The molecule has 0 radical (unpaired) electrons. The van der Waals surface area contributed by atoms with Gasteiger partial charge in [-0.3, -0.25) is 4.79 Å². The first-order valence-electron chi connectivity index (χ1n) is 6.09. The Bertz CT molecular complexity index is 506. The van der Waals surface area contributed by atoms with Crippen LogP contribution in [-0.2, 0) is 11.3 Å². The summed E-state index contributed by atoms with van der Waals surface area (Å²) in [4.78, 5) is 22.7. The fourth-order valence-electron chi connectivity index (χ4n) is 1.59. The Morgan fingerprint density at radius 2 is 1.90 bits per heavy atom. The summed E-state index contributed by atoms with van der Waals surface area (Å²) in [5.74, 6) is -2.72. The molecule has 0 aliphatic heterocycles. The molecule has 0 spiro atoms. The van der Waals surface area contributed by atoms with Gasteiger partial charge in [-0.2, -0.15) is 0 Å². The standard InChI is InChI=1S/C13H17F2N3O2/c1-7(2)11(12(16)19)18-13(20)17-6-8-3-4-9(14)10(15)5-8/h3-5,7,11H,6H2,1-2H3,(H2,16,19)(H2,17,18,20)/t11-/m0/s1. The molecule has 0 aromatic heterocycles. The van der Waals surface area contributed by atoms with Crippen LogP contribution in [0.5, 0.6) is 0 Å². The normalized spacial score (nSPS) is 12.1. The lowest BCUT2D eigenvalue weighted by atomic mass is 10.0. The highest BCUT2D eigenvalue weighted by molar-refractivity contribution is 5.86. The van der Waals surface area contributed by atoms with Crippen LogP contribution in [0.4, 0.5) is 13.6 Å².